The van der Waals surface area contributed by atoms with Crippen LogP contribution in [0.2, 0.25) is 0 Å². The van der Waals surface area contributed by atoms with Crippen LogP contribution in [-0.4, -0.2) is 24.5 Å². The number of hydrogen-bond acceptors (Lipinski definition) is 4. The van der Waals surface area contributed by atoms with Crippen molar-refractivity contribution in [2.75, 3.05) is 13.7 Å². The number of methoxy groups -OCH3 is 1. The fourth-order valence-electron chi connectivity index (χ4n) is 1.19. The predicted molar refractivity (Wildman–Crippen MR) is 52.6 cm³/mol. The van der Waals surface area contributed by atoms with Gasteiger partial charge < -0.3 is 15.6 Å². The van der Waals surface area contributed by atoms with Gasteiger partial charge in [0, 0.05) is 6.42 Å². The van der Waals surface area contributed by atoms with Crippen molar-refractivity contribution in [3.05, 3.63) is 23.5 Å². The predicted octanol–water partition coefficient (Wildman–Crippen LogP) is 1.07. The summed E-state index contributed by atoms with van der Waals surface area (Å²) in [5, 5.41) is 9.39. The third kappa shape index (κ3) is 2.24. The minimum absolute atomic E-state index is 0.0688. The summed E-state index contributed by atoms with van der Waals surface area (Å²) in [7, 11) is 1.28. The van der Waals surface area contributed by atoms with Crippen LogP contribution >= 0.6 is 0 Å². The number of aromatic hydroxyl groups is 1. The van der Waals surface area contributed by atoms with Crippen LogP contribution in [0.5, 0.6) is 11.5 Å². The van der Waals surface area contributed by atoms with Crippen molar-refractivity contribution in [3.8, 4) is 11.5 Å². The highest BCUT2D eigenvalue weighted by Crippen LogP contribution is 2.29. The number of Topliss-reactive ketones (excluding diaryl/α,β-unsaturated/α-hetero) is 1. The molecule has 5 heteroatoms. The maximum Gasteiger partial charge on any atom is 0.207 e. The molecule has 1 rings (SSSR count). The van der Waals surface area contributed by atoms with E-state index < -0.39 is 17.3 Å². The second kappa shape index (κ2) is 4.75. The van der Waals surface area contributed by atoms with Crippen LogP contribution in [0.4, 0.5) is 4.39 Å². The molecular weight excluding hydrogens is 201 g/mol. The monoisotopic (exact) mass is 213 g/mol. The van der Waals surface area contributed by atoms with Crippen LogP contribution in [0.1, 0.15) is 16.8 Å². The van der Waals surface area contributed by atoms with Gasteiger partial charge in [-0.1, -0.05) is 0 Å². The molecule has 0 aliphatic heterocycles. The molecule has 15 heavy (non-hydrogen) atoms. The zero-order valence-electron chi connectivity index (χ0n) is 8.29. The highest BCUT2D eigenvalue weighted by atomic mass is 19.1. The molecule has 0 bridgehead atoms. The van der Waals surface area contributed by atoms with E-state index in [2.05, 4.69) is 4.74 Å². The van der Waals surface area contributed by atoms with E-state index in [0.29, 0.717) is 0 Å². The normalized spacial score (nSPS) is 10.1. The van der Waals surface area contributed by atoms with Crippen molar-refractivity contribution in [1.29, 1.82) is 0 Å². The molecule has 0 atom stereocenters. The summed E-state index contributed by atoms with van der Waals surface area (Å²) >= 11 is 0. The summed E-state index contributed by atoms with van der Waals surface area (Å²) in [6.07, 6.45) is 0.0688. The zero-order valence-corrected chi connectivity index (χ0v) is 8.29. The van der Waals surface area contributed by atoms with Gasteiger partial charge in [0.25, 0.3) is 0 Å². The Morgan fingerprint density at radius 1 is 1.60 bits per heavy atom. The van der Waals surface area contributed by atoms with E-state index in [4.69, 9.17) is 5.73 Å². The molecule has 0 amide bonds. The Morgan fingerprint density at radius 3 is 2.80 bits per heavy atom. The first-order chi connectivity index (χ1) is 7.11. The minimum Gasteiger partial charge on any atom is -0.504 e. The lowest BCUT2D eigenvalue weighted by Gasteiger charge is -2.07. The summed E-state index contributed by atoms with van der Waals surface area (Å²) in [6, 6.07) is 2.61. The number of ether oxygens (including phenoxy) is 1. The van der Waals surface area contributed by atoms with Crippen molar-refractivity contribution >= 4 is 5.78 Å². The van der Waals surface area contributed by atoms with Gasteiger partial charge in [0.05, 0.1) is 12.7 Å². The second-order valence-electron chi connectivity index (χ2n) is 2.94. The van der Waals surface area contributed by atoms with Gasteiger partial charge in [0.2, 0.25) is 5.82 Å². The van der Waals surface area contributed by atoms with Crippen molar-refractivity contribution in [2.45, 2.75) is 6.42 Å². The maximum absolute atomic E-state index is 13.3. The fraction of sp³-hybridized carbons (Fsp3) is 0.300. The molecule has 0 fully saturated rings. The van der Waals surface area contributed by atoms with Crippen LogP contribution in [0, 0.1) is 5.82 Å². The molecule has 4 nitrogen and oxygen atoms in total. The first-order valence-electron chi connectivity index (χ1n) is 4.40. The number of carbonyl (C=O) groups excluding carboxylic acids is 1. The molecule has 0 aliphatic carbocycles. The Morgan fingerprint density at radius 2 is 2.27 bits per heavy atom. The van der Waals surface area contributed by atoms with Gasteiger partial charge in [0.15, 0.2) is 17.3 Å². The quantitative estimate of drug-likeness (QED) is 0.734. The largest absolute Gasteiger partial charge is 0.504 e. The minimum atomic E-state index is -0.930. The fourth-order valence-corrected chi connectivity index (χ4v) is 1.19. The van der Waals surface area contributed by atoms with Gasteiger partial charge in [-0.3, -0.25) is 4.79 Å². The number of phenolic OH excluding ortho intramolecular Hbond substituents is 1. The Kier molecular flexibility index (Phi) is 3.62. The molecule has 82 valence electrons. The van der Waals surface area contributed by atoms with E-state index in [1.807, 2.05) is 0 Å². The molecule has 0 saturated heterocycles. The van der Waals surface area contributed by atoms with Crippen molar-refractivity contribution in [2.24, 2.45) is 5.73 Å². The lowest BCUT2D eigenvalue weighted by atomic mass is 10.1. The van der Waals surface area contributed by atoms with Crippen molar-refractivity contribution in [1.82, 2.24) is 0 Å². The molecule has 0 aromatic heterocycles. The summed E-state index contributed by atoms with van der Waals surface area (Å²) < 4.78 is 18.0. The molecule has 3 N–H and O–H groups in total. The standard InChI is InChI=1S/C10H12FNO3/c1-15-8-3-2-6(7(13)4-5-12)10(14)9(8)11/h2-3,14H,4-5,12H2,1H3. The number of ketones is 1. The van der Waals surface area contributed by atoms with Gasteiger partial charge in [0.1, 0.15) is 0 Å². The summed E-state index contributed by atoms with van der Waals surface area (Å²) in [4.78, 5) is 11.4. The van der Waals surface area contributed by atoms with E-state index in [1.54, 1.807) is 0 Å². The average Bonchev–Trinajstić information content (AvgIpc) is 2.22. The van der Waals surface area contributed by atoms with E-state index >= 15 is 0 Å². The van der Waals surface area contributed by atoms with Crippen LogP contribution < -0.4 is 10.5 Å². The molecule has 1 aromatic rings. The van der Waals surface area contributed by atoms with E-state index in [-0.39, 0.29) is 24.3 Å². The number of carbonyl (C=O) groups is 1. The SMILES string of the molecule is COc1ccc(C(=O)CCN)c(O)c1F. The highest BCUT2D eigenvalue weighted by Gasteiger charge is 2.17. The average molecular weight is 213 g/mol. The number of benzene rings is 1. The van der Waals surface area contributed by atoms with Crippen molar-refractivity contribution < 1.29 is 19.0 Å². The Hall–Kier alpha value is -1.62. The topological polar surface area (TPSA) is 72.5 Å². The van der Waals surface area contributed by atoms with Gasteiger partial charge in [-0.2, -0.15) is 4.39 Å². The molecule has 0 heterocycles. The van der Waals surface area contributed by atoms with E-state index in [9.17, 15) is 14.3 Å². The molecule has 0 unspecified atom stereocenters. The smallest absolute Gasteiger partial charge is 0.207 e. The molecule has 0 spiro atoms. The number of hydrogen-bond donors (Lipinski definition) is 2. The Bertz CT molecular complexity index is 379. The number of rotatable bonds is 4. The summed E-state index contributed by atoms with van der Waals surface area (Å²) in [6.45, 7) is 0.159. The van der Waals surface area contributed by atoms with Gasteiger partial charge in [-0.05, 0) is 18.7 Å². The Balaban J connectivity index is 3.11. The van der Waals surface area contributed by atoms with Gasteiger partial charge in [-0.15, -0.1) is 0 Å². The first-order valence-corrected chi connectivity index (χ1v) is 4.40. The van der Waals surface area contributed by atoms with Crippen LogP contribution in [0.15, 0.2) is 12.1 Å². The van der Waals surface area contributed by atoms with Crippen LogP contribution in [0.3, 0.4) is 0 Å². The number of phenols is 1. The molecule has 0 radical (unpaired) electrons. The Labute approximate surface area is 86.5 Å². The zero-order chi connectivity index (χ0) is 11.4. The molecule has 0 saturated carbocycles. The third-order valence-corrected chi connectivity index (χ3v) is 1.97. The highest BCUT2D eigenvalue weighted by molar-refractivity contribution is 5.98. The molecule has 1 aromatic carbocycles. The van der Waals surface area contributed by atoms with Gasteiger partial charge in [-0.25, -0.2) is 0 Å². The summed E-state index contributed by atoms with van der Waals surface area (Å²) in [5.74, 6) is -2.11. The van der Waals surface area contributed by atoms with Crippen LogP contribution in [0.25, 0.3) is 0 Å². The van der Waals surface area contributed by atoms with E-state index in [1.165, 1.54) is 19.2 Å². The lowest BCUT2D eigenvalue weighted by Crippen LogP contribution is -2.09. The number of nitrogens with two attached hydrogens (primary N) is 1. The number of halogens is 1. The second-order valence-corrected chi connectivity index (χ2v) is 2.94. The first kappa shape index (κ1) is 11.5. The summed E-state index contributed by atoms with van der Waals surface area (Å²) in [5.41, 5.74) is 5.12. The third-order valence-electron chi connectivity index (χ3n) is 1.97. The maximum atomic E-state index is 13.3. The lowest BCUT2D eigenvalue weighted by molar-refractivity contribution is 0.0982. The van der Waals surface area contributed by atoms with Crippen LogP contribution in [-0.2, 0) is 0 Å². The van der Waals surface area contributed by atoms with E-state index in [0.717, 1.165) is 0 Å². The van der Waals surface area contributed by atoms with Crippen molar-refractivity contribution in [3.63, 3.8) is 0 Å². The molecule has 0 aliphatic rings. The van der Waals surface area contributed by atoms with Gasteiger partial charge >= 0.3 is 0 Å². The molecular formula is C10H12FNO3.